The zero-order valence-corrected chi connectivity index (χ0v) is 16.8. The highest BCUT2D eigenvalue weighted by Gasteiger charge is 2.20. The van der Waals surface area contributed by atoms with Gasteiger partial charge in [-0.15, -0.1) is 0 Å². The van der Waals surface area contributed by atoms with E-state index in [1.807, 2.05) is 86.6 Å². The molecule has 2 aromatic carbocycles. The van der Waals surface area contributed by atoms with Crippen molar-refractivity contribution in [2.24, 2.45) is 0 Å². The van der Waals surface area contributed by atoms with Gasteiger partial charge in [0.05, 0.1) is 24.3 Å². The highest BCUT2D eigenvalue weighted by molar-refractivity contribution is 5.94. The molecule has 0 bridgehead atoms. The molecule has 3 aromatic rings. The fraction of sp³-hybridized carbons (Fsp3) is 0.250. The fourth-order valence-electron chi connectivity index (χ4n) is 3.26. The van der Waals surface area contributed by atoms with E-state index in [0.29, 0.717) is 12.4 Å². The predicted molar refractivity (Wildman–Crippen MR) is 116 cm³/mol. The van der Waals surface area contributed by atoms with Crippen molar-refractivity contribution in [3.63, 3.8) is 0 Å². The molecule has 0 aliphatic rings. The minimum Gasteiger partial charge on any atom is -0.395 e. The van der Waals surface area contributed by atoms with Crippen LogP contribution in [0.15, 0.2) is 72.8 Å². The maximum atomic E-state index is 12.7. The largest absolute Gasteiger partial charge is 0.395 e. The molecule has 0 saturated heterocycles. The molecular formula is C24H27N3O2. The Hall–Kier alpha value is -3.02. The number of aliphatic hydroxyl groups excluding tert-OH is 1. The lowest BCUT2D eigenvalue weighted by Crippen LogP contribution is -2.27. The number of benzene rings is 2. The van der Waals surface area contributed by atoms with Gasteiger partial charge < -0.3 is 15.7 Å². The number of aryl methyl sites for hydroxylation is 1. The van der Waals surface area contributed by atoms with Crippen molar-refractivity contribution in [2.45, 2.75) is 25.8 Å². The summed E-state index contributed by atoms with van der Waals surface area (Å²) in [5.41, 5.74) is 3.86. The minimum atomic E-state index is -0.278. The molecule has 2 atom stereocenters. The summed E-state index contributed by atoms with van der Waals surface area (Å²) >= 11 is 0. The normalized spacial score (nSPS) is 12.9. The molecular weight excluding hydrogens is 362 g/mol. The third-order valence-electron chi connectivity index (χ3n) is 4.95. The number of amides is 1. The predicted octanol–water partition coefficient (Wildman–Crippen LogP) is 3.80. The van der Waals surface area contributed by atoms with Gasteiger partial charge in [-0.3, -0.25) is 4.79 Å². The van der Waals surface area contributed by atoms with E-state index >= 15 is 0 Å². The van der Waals surface area contributed by atoms with Crippen LogP contribution in [0.1, 0.15) is 41.3 Å². The van der Waals surface area contributed by atoms with Crippen molar-refractivity contribution in [3.8, 4) is 0 Å². The average Bonchev–Trinajstić information content (AvgIpc) is 2.76. The van der Waals surface area contributed by atoms with Crippen molar-refractivity contribution in [1.82, 2.24) is 10.3 Å². The summed E-state index contributed by atoms with van der Waals surface area (Å²) in [6, 6.07) is 23.3. The molecule has 29 heavy (non-hydrogen) atoms. The summed E-state index contributed by atoms with van der Waals surface area (Å²) in [5, 5.41) is 15.6. The Morgan fingerprint density at radius 3 is 2.21 bits per heavy atom. The summed E-state index contributed by atoms with van der Waals surface area (Å²) in [6.07, 6.45) is 0. The lowest BCUT2D eigenvalue weighted by atomic mass is 9.99. The van der Waals surface area contributed by atoms with Crippen LogP contribution in [0.2, 0.25) is 0 Å². The third-order valence-corrected chi connectivity index (χ3v) is 4.95. The summed E-state index contributed by atoms with van der Waals surface area (Å²) in [4.78, 5) is 17.5. The molecule has 150 valence electrons. The smallest absolute Gasteiger partial charge is 0.232 e. The standard InChI is InChI=1S/C24H27N3O2/c1-17-13-14-21(27-24(29)18(2)19-9-5-3-6-10-19)26-22(17)23(25-15-16-28)20-11-7-4-8-12-20/h3-14,18,23,25,28H,15-16H2,1-2H3,(H,26,27,29)/t18-,23?/m1/s1. The second-order valence-electron chi connectivity index (χ2n) is 7.04. The van der Waals surface area contributed by atoms with Crippen LogP contribution in [-0.2, 0) is 4.79 Å². The van der Waals surface area contributed by atoms with Crippen LogP contribution >= 0.6 is 0 Å². The zero-order valence-electron chi connectivity index (χ0n) is 16.8. The highest BCUT2D eigenvalue weighted by Crippen LogP contribution is 2.25. The lowest BCUT2D eigenvalue weighted by molar-refractivity contribution is -0.117. The van der Waals surface area contributed by atoms with Crippen molar-refractivity contribution < 1.29 is 9.90 Å². The lowest BCUT2D eigenvalue weighted by Gasteiger charge is -2.21. The molecule has 0 aliphatic carbocycles. The van der Waals surface area contributed by atoms with E-state index in [4.69, 9.17) is 4.98 Å². The SMILES string of the molecule is Cc1ccc(NC(=O)[C@H](C)c2ccccc2)nc1C(NCCO)c1ccccc1. The van der Waals surface area contributed by atoms with Crippen LogP contribution in [-0.4, -0.2) is 29.1 Å². The van der Waals surface area contributed by atoms with E-state index in [-0.39, 0.29) is 24.5 Å². The van der Waals surface area contributed by atoms with E-state index < -0.39 is 0 Å². The number of carbonyl (C=O) groups excluding carboxylic acids is 1. The van der Waals surface area contributed by atoms with Gasteiger partial charge in [0.15, 0.2) is 0 Å². The van der Waals surface area contributed by atoms with Crippen molar-refractivity contribution in [2.75, 3.05) is 18.5 Å². The summed E-state index contributed by atoms with van der Waals surface area (Å²) in [6.45, 7) is 4.36. The molecule has 0 aliphatic heterocycles. The van der Waals surface area contributed by atoms with Crippen LogP contribution < -0.4 is 10.6 Å². The van der Waals surface area contributed by atoms with Gasteiger partial charge in [0.1, 0.15) is 5.82 Å². The zero-order chi connectivity index (χ0) is 20.6. The molecule has 3 N–H and O–H groups in total. The van der Waals surface area contributed by atoms with Gasteiger partial charge >= 0.3 is 0 Å². The van der Waals surface area contributed by atoms with Crippen LogP contribution in [0.4, 0.5) is 5.82 Å². The fourth-order valence-corrected chi connectivity index (χ4v) is 3.26. The Morgan fingerprint density at radius 1 is 0.966 bits per heavy atom. The molecule has 0 spiro atoms. The molecule has 1 amide bonds. The maximum Gasteiger partial charge on any atom is 0.232 e. The quantitative estimate of drug-likeness (QED) is 0.548. The number of pyridine rings is 1. The first-order valence-corrected chi connectivity index (χ1v) is 9.82. The van der Waals surface area contributed by atoms with Crippen LogP contribution in [0.25, 0.3) is 0 Å². The Labute approximate surface area is 171 Å². The molecule has 1 unspecified atom stereocenters. The number of carbonyl (C=O) groups is 1. The van der Waals surface area contributed by atoms with E-state index in [9.17, 15) is 9.90 Å². The van der Waals surface area contributed by atoms with Crippen molar-refractivity contribution >= 4 is 11.7 Å². The molecule has 5 nitrogen and oxygen atoms in total. The van der Waals surface area contributed by atoms with Gasteiger partial charge in [-0.05, 0) is 36.6 Å². The Balaban J connectivity index is 1.85. The number of anilines is 1. The average molecular weight is 389 g/mol. The number of aliphatic hydroxyl groups is 1. The van der Waals surface area contributed by atoms with Crippen LogP contribution in [0.5, 0.6) is 0 Å². The van der Waals surface area contributed by atoms with Gasteiger partial charge in [0.2, 0.25) is 5.91 Å². The second-order valence-corrected chi connectivity index (χ2v) is 7.04. The number of nitrogens with zero attached hydrogens (tertiary/aromatic N) is 1. The Kier molecular flexibility index (Phi) is 7.11. The topological polar surface area (TPSA) is 74.2 Å². The Morgan fingerprint density at radius 2 is 1.59 bits per heavy atom. The summed E-state index contributed by atoms with van der Waals surface area (Å²) < 4.78 is 0. The second kappa shape index (κ2) is 9.96. The van der Waals surface area contributed by atoms with E-state index in [0.717, 1.165) is 22.4 Å². The molecule has 3 rings (SSSR count). The monoisotopic (exact) mass is 389 g/mol. The number of rotatable bonds is 8. The van der Waals surface area contributed by atoms with E-state index in [1.54, 1.807) is 0 Å². The molecule has 1 aromatic heterocycles. The summed E-state index contributed by atoms with van der Waals surface area (Å²) in [7, 11) is 0. The molecule has 5 heteroatoms. The molecule has 0 radical (unpaired) electrons. The number of hydrogen-bond donors (Lipinski definition) is 3. The molecule has 0 fully saturated rings. The maximum absolute atomic E-state index is 12.7. The van der Waals surface area contributed by atoms with Crippen LogP contribution in [0.3, 0.4) is 0 Å². The molecule has 1 heterocycles. The first kappa shape index (κ1) is 20.7. The molecule has 0 saturated carbocycles. The van der Waals surface area contributed by atoms with Gasteiger partial charge in [-0.25, -0.2) is 4.98 Å². The van der Waals surface area contributed by atoms with Crippen molar-refractivity contribution in [1.29, 1.82) is 0 Å². The minimum absolute atomic E-state index is 0.0351. The third kappa shape index (κ3) is 5.28. The van der Waals surface area contributed by atoms with Gasteiger partial charge in [-0.2, -0.15) is 0 Å². The van der Waals surface area contributed by atoms with Crippen LogP contribution in [0, 0.1) is 6.92 Å². The van der Waals surface area contributed by atoms with Crippen molar-refractivity contribution in [3.05, 3.63) is 95.2 Å². The van der Waals surface area contributed by atoms with E-state index in [2.05, 4.69) is 10.6 Å². The first-order valence-electron chi connectivity index (χ1n) is 9.82. The summed E-state index contributed by atoms with van der Waals surface area (Å²) in [5.74, 6) is 0.142. The van der Waals surface area contributed by atoms with Gasteiger partial charge in [0.25, 0.3) is 0 Å². The Bertz CT molecular complexity index is 929. The first-order chi connectivity index (χ1) is 14.1. The van der Waals surface area contributed by atoms with E-state index in [1.165, 1.54) is 0 Å². The van der Waals surface area contributed by atoms with Gasteiger partial charge in [0, 0.05) is 6.54 Å². The number of nitrogens with one attached hydrogen (secondary N) is 2. The highest BCUT2D eigenvalue weighted by atomic mass is 16.3. The number of hydrogen-bond acceptors (Lipinski definition) is 4. The number of aromatic nitrogens is 1. The van der Waals surface area contributed by atoms with Gasteiger partial charge in [-0.1, -0.05) is 66.7 Å².